The maximum absolute atomic E-state index is 13.2. The third kappa shape index (κ3) is 4.18. The zero-order valence-electron chi connectivity index (χ0n) is 20.0. The maximum Gasteiger partial charge on any atom is 0.338 e. The highest BCUT2D eigenvalue weighted by Gasteiger charge is 2.33. The molecule has 5 rings (SSSR count). The van der Waals surface area contributed by atoms with E-state index in [-0.39, 0.29) is 5.56 Å². The van der Waals surface area contributed by atoms with Gasteiger partial charge in [0.25, 0.3) is 11.8 Å². The molecule has 1 aliphatic heterocycles. The Kier molecular flexibility index (Phi) is 6.15. The van der Waals surface area contributed by atoms with Crippen molar-refractivity contribution in [1.82, 2.24) is 0 Å². The van der Waals surface area contributed by atoms with Crippen LogP contribution in [0.25, 0.3) is 10.8 Å². The zero-order chi connectivity index (χ0) is 26.1. The van der Waals surface area contributed by atoms with Crippen LogP contribution in [0.15, 0.2) is 78.9 Å². The Bertz CT molecular complexity index is 1520. The number of benzene rings is 4. The molecule has 0 unspecified atom stereocenters. The number of nitrogens with zero attached hydrogens (tertiary/aromatic N) is 1. The van der Waals surface area contributed by atoms with Crippen molar-refractivity contribution in [1.29, 1.82) is 0 Å². The molecule has 184 valence electrons. The largest absolute Gasteiger partial charge is 0.493 e. The molecule has 37 heavy (non-hydrogen) atoms. The quantitative estimate of drug-likeness (QED) is 0.208. The predicted molar refractivity (Wildman–Crippen MR) is 136 cm³/mol. The lowest BCUT2D eigenvalue weighted by atomic mass is 9.94. The first-order chi connectivity index (χ1) is 17.9. The van der Waals surface area contributed by atoms with E-state index in [4.69, 9.17) is 14.2 Å². The molecule has 0 spiro atoms. The van der Waals surface area contributed by atoms with E-state index in [1.54, 1.807) is 36.4 Å². The van der Waals surface area contributed by atoms with E-state index in [1.807, 2.05) is 12.1 Å². The Morgan fingerprint density at radius 1 is 0.730 bits per heavy atom. The van der Waals surface area contributed by atoms with Crippen LogP contribution in [0.4, 0.5) is 5.69 Å². The van der Waals surface area contributed by atoms with Gasteiger partial charge >= 0.3 is 5.97 Å². The van der Waals surface area contributed by atoms with Crippen LogP contribution in [0, 0.1) is 0 Å². The molecule has 2 amide bonds. The molecule has 4 aromatic rings. The smallest absolute Gasteiger partial charge is 0.338 e. The van der Waals surface area contributed by atoms with Crippen LogP contribution < -0.4 is 14.4 Å². The molecule has 4 aromatic carbocycles. The summed E-state index contributed by atoms with van der Waals surface area (Å²) in [5.41, 5.74) is 1.66. The van der Waals surface area contributed by atoms with Crippen LogP contribution in [-0.2, 0) is 4.74 Å². The van der Waals surface area contributed by atoms with Crippen LogP contribution in [-0.4, -0.2) is 44.4 Å². The highest BCUT2D eigenvalue weighted by Crippen LogP contribution is 2.33. The lowest BCUT2D eigenvalue weighted by molar-refractivity contribution is 0.0474. The molecule has 0 aliphatic carbocycles. The van der Waals surface area contributed by atoms with Gasteiger partial charge in [0.2, 0.25) is 0 Å². The average molecular weight is 495 g/mol. The standard InChI is InChI=1S/C29H21NO7/c1-35-24-14-11-19(15-25(24)36-2)23(31)16-37-29(34)18-9-12-20(13-10-18)30-27(32)21-7-3-5-17-6-4-8-22(26(17)21)28(30)33/h3-15H,16H2,1-2H3. The molecule has 0 N–H and O–H groups in total. The SMILES string of the molecule is COc1ccc(C(=O)COC(=O)c2ccc(N3C(=O)c4cccc5cccc(c45)C3=O)cc2)cc1OC. The van der Waals surface area contributed by atoms with E-state index >= 15 is 0 Å². The number of hydrogen-bond acceptors (Lipinski definition) is 7. The number of ether oxygens (including phenoxy) is 3. The number of esters is 1. The third-order valence-electron chi connectivity index (χ3n) is 6.17. The van der Waals surface area contributed by atoms with Crippen molar-refractivity contribution in [3.63, 3.8) is 0 Å². The highest BCUT2D eigenvalue weighted by atomic mass is 16.5. The molecule has 0 radical (unpaired) electrons. The molecule has 0 aromatic heterocycles. The summed E-state index contributed by atoms with van der Waals surface area (Å²) in [6.45, 7) is -0.472. The minimum absolute atomic E-state index is 0.170. The number of anilines is 1. The van der Waals surface area contributed by atoms with Crippen LogP contribution >= 0.6 is 0 Å². The van der Waals surface area contributed by atoms with Gasteiger partial charge in [-0.1, -0.05) is 24.3 Å². The summed E-state index contributed by atoms with van der Waals surface area (Å²) in [6.07, 6.45) is 0. The first kappa shape index (κ1) is 23.7. The summed E-state index contributed by atoms with van der Waals surface area (Å²) in [4.78, 5) is 52.5. The van der Waals surface area contributed by atoms with Crippen molar-refractivity contribution >= 4 is 40.0 Å². The van der Waals surface area contributed by atoms with Crippen LogP contribution in [0.2, 0.25) is 0 Å². The van der Waals surface area contributed by atoms with Gasteiger partial charge < -0.3 is 14.2 Å². The Hall–Kier alpha value is -4.98. The molecular formula is C29H21NO7. The minimum atomic E-state index is -0.716. The molecule has 0 atom stereocenters. The van der Waals surface area contributed by atoms with E-state index in [9.17, 15) is 19.2 Å². The summed E-state index contributed by atoms with van der Waals surface area (Å²) in [6, 6.07) is 21.2. The second-order valence-electron chi connectivity index (χ2n) is 8.27. The van der Waals surface area contributed by atoms with Gasteiger partial charge in [0, 0.05) is 22.1 Å². The fourth-order valence-corrected chi connectivity index (χ4v) is 4.32. The number of amides is 2. The predicted octanol–water partition coefficient (Wildman–Crippen LogP) is 4.70. The Morgan fingerprint density at radius 2 is 1.32 bits per heavy atom. The van der Waals surface area contributed by atoms with Crippen molar-refractivity contribution in [2.75, 3.05) is 25.7 Å². The topological polar surface area (TPSA) is 99.2 Å². The second kappa shape index (κ2) is 9.58. The monoisotopic (exact) mass is 495 g/mol. The fraction of sp³-hybridized carbons (Fsp3) is 0.103. The van der Waals surface area contributed by atoms with Crippen molar-refractivity contribution in [3.05, 3.63) is 101 Å². The summed E-state index contributed by atoms with van der Waals surface area (Å²) in [7, 11) is 2.95. The number of rotatable bonds is 7. The van der Waals surface area contributed by atoms with Gasteiger partial charge in [-0.05, 0) is 60.0 Å². The summed E-state index contributed by atoms with van der Waals surface area (Å²) in [5, 5.41) is 1.45. The Labute approximate surface area is 212 Å². The van der Waals surface area contributed by atoms with Crippen LogP contribution in [0.3, 0.4) is 0 Å². The third-order valence-corrected chi connectivity index (χ3v) is 6.17. The average Bonchev–Trinajstić information content (AvgIpc) is 2.94. The fourth-order valence-electron chi connectivity index (χ4n) is 4.32. The van der Waals surface area contributed by atoms with Gasteiger partial charge in [-0.3, -0.25) is 14.4 Å². The van der Waals surface area contributed by atoms with Crippen molar-refractivity contribution in [2.45, 2.75) is 0 Å². The van der Waals surface area contributed by atoms with Crippen molar-refractivity contribution in [2.24, 2.45) is 0 Å². The summed E-state index contributed by atoms with van der Waals surface area (Å²) >= 11 is 0. The molecule has 1 aliphatic rings. The van der Waals surface area contributed by atoms with Gasteiger partial charge in [0.1, 0.15) is 0 Å². The molecule has 0 saturated heterocycles. The number of carbonyl (C=O) groups excluding carboxylic acids is 4. The van der Waals surface area contributed by atoms with E-state index in [0.29, 0.717) is 39.3 Å². The maximum atomic E-state index is 13.2. The van der Waals surface area contributed by atoms with Gasteiger partial charge in [0.15, 0.2) is 23.9 Å². The Balaban J connectivity index is 1.30. The number of methoxy groups -OCH3 is 2. The first-order valence-corrected chi connectivity index (χ1v) is 11.4. The highest BCUT2D eigenvalue weighted by molar-refractivity contribution is 6.35. The van der Waals surface area contributed by atoms with Crippen LogP contribution in [0.5, 0.6) is 11.5 Å². The minimum Gasteiger partial charge on any atom is -0.493 e. The van der Waals surface area contributed by atoms with Gasteiger partial charge in [-0.25, -0.2) is 9.69 Å². The van der Waals surface area contributed by atoms with E-state index < -0.39 is 30.2 Å². The van der Waals surface area contributed by atoms with Gasteiger partial charge in [-0.2, -0.15) is 0 Å². The second-order valence-corrected chi connectivity index (χ2v) is 8.27. The number of carbonyl (C=O) groups is 4. The number of Topliss-reactive ketones (excluding diaryl/α,β-unsaturated/α-hetero) is 1. The molecular weight excluding hydrogens is 474 g/mol. The lowest BCUT2D eigenvalue weighted by Gasteiger charge is -2.27. The lowest BCUT2D eigenvalue weighted by Crippen LogP contribution is -2.40. The molecule has 8 nitrogen and oxygen atoms in total. The van der Waals surface area contributed by atoms with Crippen LogP contribution in [0.1, 0.15) is 41.4 Å². The van der Waals surface area contributed by atoms with Crippen molar-refractivity contribution in [3.8, 4) is 11.5 Å². The van der Waals surface area contributed by atoms with E-state index in [2.05, 4.69) is 0 Å². The molecule has 1 heterocycles. The summed E-state index contributed by atoms with van der Waals surface area (Å²) in [5.74, 6) is -1.15. The number of imide groups is 1. The molecule has 8 heteroatoms. The Morgan fingerprint density at radius 3 is 1.92 bits per heavy atom. The number of ketones is 1. The zero-order valence-corrected chi connectivity index (χ0v) is 20.0. The van der Waals surface area contributed by atoms with Crippen molar-refractivity contribution < 1.29 is 33.4 Å². The molecule has 0 fully saturated rings. The van der Waals surface area contributed by atoms with E-state index in [0.717, 1.165) is 10.3 Å². The van der Waals surface area contributed by atoms with Gasteiger partial charge in [0.05, 0.1) is 25.5 Å². The normalized spacial score (nSPS) is 12.4. The van der Waals surface area contributed by atoms with E-state index in [1.165, 1.54) is 44.6 Å². The summed E-state index contributed by atoms with van der Waals surface area (Å²) < 4.78 is 15.5. The first-order valence-electron chi connectivity index (χ1n) is 11.4. The number of hydrogen-bond donors (Lipinski definition) is 0. The van der Waals surface area contributed by atoms with Gasteiger partial charge in [-0.15, -0.1) is 0 Å². The molecule has 0 bridgehead atoms. The molecule has 0 saturated carbocycles.